The highest BCUT2D eigenvalue weighted by molar-refractivity contribution is 7.89. The summed E-state index contributed by atoms with van der Waals surface area (Å²) in [6.07, 6.45) is 1.45. The van der Waals surface area contributed by atoms with Gasteiger partial charge in [-0.05, 0) is 45.0 Å². The summed E-state index contributed by atoms with van der Waals surface area (Å²) in [5, 5.41) is 4.24. The van der Waals surface area contributed by atoms with Gasteiger partial charge < -0.3 is 14.0 Å². The fourth-order valence-electron chi connectivity index (χ4n) is 4.34. The van der Waals surface area contributed by atoms with E-state index in [0.717, 1.165) is 16.9 Å². The zero-order valence-electron chi connectivity index (χ0n) is 19.8. The number of aromatic nitrogens is 5. The number of nitrogens with zero attached hydrogens (tertiary/aromatic N) is 6. The molecule has 1 fully saturated rings. The zero-order valence-corrected chi connectivity index (χ0v) is 20.6. The van der Waals surface area contributed by atoms with Crippen LogP contribution >= 0.6 is 0 Å². The van der Waals surface area contributed by atoms with Crippen LogP contribution in [0.1, 0.15) is 34.5 Å². The van der Waals surface area contributed by atoms with E-state index in [9.17, 15) is 13.2 Å². The summed E-state index contributed by atoms with van der Waals surface area (Å²) in [7, 11) is -3.64. The van der Waals surface area contributed by atoms with E-state index in [1.807, 2.05) is 31.4 Å². The third-order valence-corrected chi connectivity index (χ3v) is 7.95. The highest BCUT2D eigenvalue weighted by Crippen LogP contribution is 2.24. The first kappa shape index (κ1) is 23.4. The number of esters is 1. The quantitative estimate of drug-likeness (QED) is 0.371. The van der Waals surface area contributed by atoms with Crippen LogP contribution in [0.4, 0.5) is 0 Å². The molecule has 35 heavy (non-hydrogen) atoms. The molecular formula is C23H26N6O5S. The average Bonchev–Trinajstić information content (AvgIpc) is 3.43. The van der Waals surface area contributed by atoms with Gasteiger partial charge in [0, 0.05) is 31.0 Å². The van der Waals surface area contributed by atoms with Gasteiger partial charge >= 0.3 is 5.97 Å². The Hall–Kier alpha value is -3.35. The van der Waals surface area contributed by atoms with Gasteiger partial charge in [0.25, 0.3) is 0 Å². The molecule has 1 aliphatic rings. The predicted molar refractivity (Wildman–Crippen MR) is 127 cm³/mol. The van der Waals surface area contributed by atoms with Gasteiger partial charge in [-0.3, -0.25) is 0 Å². The molecule has 0 radical (unpaired) electrons. The molecule has 0 amide bonds. The van der Waals surface area contributed by atoms with Crippen LogP contribution in [0.15, 0.2) is 35.4 Å². The lowest BCUT2D eigenvalue weighted by Crippen LogP contribution is -2.40. The summed E-state index contributed by atoms with van der Waals surface area (Å²) in [6.45, 7) is 7.60. The van der Waals surface area contributed by atoms with Crippen molar-refractivity contribution >= 4 is 32.7 Å². The molecule has 3 aromatic heterocycles. The smallest absolute Gasteiger partial charge is 0.344 e. The number of imidazole rings is 1. The highest BCUT2D eigenvalue weighted by atomic mass is 32.2. The number of ether oxygens (including phenoxy) is 2. The molecule has 4 heterocycles. The maximum Gasteiger partial charge on any atom is 0.344 e. The fraction of sp³-hybridized carbons (Fsp3) is 0.391. The van der Waals surface area contributed by atoms with E-state index < -0.39 is 16.0 Å². The van der Waals surface area contributed by atoms with Crippen molar-refractivity contribution in [1.29, 1.82) is 0 Å². The lowest BCUT2D eigenvalue weighted by Gasteiger charge is -2.26. The molecule has 0 saturated carbocycles. The number of aryl methyl sites for hydroxylation is 3. The van der Waals surface area contributed by atoms with Crippen LogP contribution in [0.5, 0.6) is 0 Å². The van der Waals surface area contributed by atoms with Gasteiger partial charge in [-0.2, -0.15) is 9.40 Å². The minimum atomic E-state index is -3.64. The number of rotatable bonds is 6. The Kier molecular flexibility index (Phi) is 6.03. The van der Waals surface area contributed by atoms with E-state index in [1.165, 1.54) is 10.5 Å². The zero-order chi connectivity index (χ0) is 24.7. The first-order chi connectivity index (χ1) is 16.8. The molecule has 11 nitrogen and oxygen atoms in total. The van der Waals surface area contributed by atoms with Crippen LogP contribution in [0.3, 0.4) is 0 Å². The van der Waals surface area contributed by atoms with E-state index >= 15 is 0 Å². The maximum atomic E-state index is 13.0. The molecule has 0 N–H and O–H groups in total. The monoisotopic (exact) mass is 498 g/mol. The minimum Gasteiger partial charge on any atom is -0.454 e. The SMILES string of the molecule is CCn1c(COC(=O)c2cnn3c(C)cc(C)nc23)nc2cc(S(=O)(=O)N3CCOCC3)ccc21. The molecule has 1 aliphatic heterocycles. The lowest BCUT2D eigenvalue weighted by molar-refractivity contribution is 0.0460. The number of hydrogen-bond donors (Lipinski definition) is 0. The third-order valence-electron chi connectivity index (χ3n) is 6.05. The topological polar surface area (TPSA) is 121 Å². The molecule has 0 spiro atoms. The molecule has 0 bridgehead atoms. The first-order valence-corrected chi connectivity index (χ1v) is 12.8. The molecule has 184 valence electrons. The van der Waals surface area contributed by atoms with Gasteiger partial charge in [0.1, 0.15) is 18.0 Å². The lowest BCUT2D eigenvalue weighted by atomic mass is 10.3. The highest BCUT2D eigenvalue weighted by Gasteiger charge is 2.27. The number of fused-ring (bicyclic) bond motifs is 2. The molecule has 0 unspecified atom stereocenters. The summed E-state index contributed by atoms with van der Waals surface area (Å²) in [5.41, 5.74) is 3.64. The van der Waals surface area contributed by atoms with Gasteiger partial charge in [0.05, 0.1) is 35.3 Å². The summed E-state index contributed by atoms with van der Waals surface area (Å²) in [6, 6.07) is 6.78. The largest absolute Gasteiger partial charge is 0.454 e. The number of carbonyl (C=O) groups is 1. The summed E-state index contributed by atoms with van der Waals surface area (Å²) in [4.78, 5) is 22.0. The Morgan fingerprint density at radius 2 is 1.91 bits per heavy atom. The Morgan fingerprint density at radius 3 is 2.66 bits per heavy atom. The average molecular weight is 499 g/mol. The summed E-state index contributed by atoms with van der Waals surface area (Å²) in [5.74, 6) is -0.0311. The Balaban J connectivity index is 1.41. The van der Waals surface area contributed by atoms with Gasteiger partial charge in [-0.1, -0.05) is 0 Å². The molecule has 4 aromatic rings. The van der Waals surface area contributed by atoms with Gasteiger partial charge in [0.2, 0.25) is 10.0 Å². The van der Waals surface area contributed by atoms with Gasteiger partial charge in [0.15, 0.2) is 5.65 Å². The van der Waals surface area contributed by atoms with E-state index in [2.05, 4.69) is 15.1 Å². The fourth-order valence-corrected chi connectivity index (χ4v) is 5.77. The number of carbonyl (C=O) groups excluding carboxylic acids is 1. The van der Waals surface area contributed by atoms with Gasteiger partial charge in [-0.15, -0.1) is 0 Å². The van der Waals surface area contributed by atoms with E-state index in [-0.39, 0.29) is 17.1 Å². The first-order valence-electron chi connectivity index (χ1n) is 11.4. The number of sulfonamides is 1. The van der Waals surface area contributed by atoms with E-state index in [4.69, 9.17) is 9.47 Å². The number of hydrogen-bond acceptors (Lipinski definition) is 8. The van der Waals surface area contributed by atoms with Crippen molar-refractivity contribution in [3.63, 3.8) is 0 Å². The molecule has 1 saturated heterocycles. The van der Waals surface area contributed by atoms with Crippen LogP contribution < -0.4 is 0 Å². The van der Waals surface area contributed by atoms with Crippen molar-refractivity contribution in [3.8, 4) is 0 Å². The third kappa shape index (κ3) is 4.17. The Labute approximate surface area is 202 Å². The second-order valence-electron chi connectivity index (χ2n) is 8.35. The van der Waals surface area contributed by atoms with Crippen molar-refractivity contribution < 1.29 is 22.7 Å². The summed E-state index contributed by atoms with van der Waals surface area (Å²) >= 11 is 0. The van der Waals surface area contributed by atoms with E-state index in [0.29, 0.717) is 49.8 Å². The molecule has 5 rings (SSSR count). The summed E-state index contributed by atoms with van der Waals surface area (Å²) < 4.78 is 41.9. The van der Waals surface area contributed by atoms with Crippen LogP contribution in [0.25, 0.3) is 16.7 Å². The number of benzene rings is 1. The van der Waals surface area contributed by atoms with E-state index in [1.54, 1.807) is 22.7 Å². The minimum absolute atomic E-state index is 0.0744. The van der Waals surface area contributed by atoms with Crippen LogP contribution in [0.2, 0.25) is 0 Å². The molecule has 12 heteroatoms. The number of morpholine rings is 1. The molecule has 0 atom stereocenters. The predicted octanol–water partition coefficient (Wildman–Crippen LogP) is 2.09. The maximum absolute atomic E-state index is 13.0. The van der Waals surface area contributed by atoms with Crippen molar-refractivity contribution in [2.24, 2.45) is 0 Å². The molecule has 0 aliphatic carbocycles. The second kappa shape index (κ2) is 9.02. The Morgan fingerprint density at radius 1 is 1.14 bits per heavy atom. The van der Waals surface area contributed by atoms with Crippen LogP contribution in [0, 0.1) is 13.8 Å². The van der Waals surface area contributed by atoms with Crippen molar-refractivity contribution in [1.82, 2.24) is 28.5 Å². The second-order valence-corrected chi connectivity index (χ2v) is 10.3. The van der Waals surface area contributed by atoms with Crippen molar-refractivity contribution in [2.75, 3.05) is 26.3 Å². The standard InChI is InChI=1S/C23H26N6O5S/c1-4-28-20-6-5-17(35(31,32)27-7-9-33-10-8-27)12-19(20)26-21(28)14-34-23(30)18-13-24-29-16(3)11-15(2)25-22(18)29/h5-6,11-13H,4,7-10,14H2,1-3H3. The Bertz CT molecular complexity index is 1540. The van der Waals surface area contributed by atoms with Crippen LogP contribution in [-0.4, -0.2) is 69.1 Å². The van der Waals surface area contributed by atoms with Gasteiger partial charge in [-0.25, -0.2) is 27.7 Å². The van der Waals surface area contributed by atoms with Crippen molar-refractivity contribution in [3.05, 3.63) is 53.2 Å². The molecule has 1 aromatic carbocycles. The van der Waals surface area contributed by atoms with Crippen LogP contribution in [-0.2, 0) is 32.6 Å². The van der Waals surface area contributed by atoms with Crippen molar-refractivity contribution in [2.45, 2.75) is 38.8 Å². The molecular weight excluding hydrogens is 472 g/mol. The normalized spacial score (nSPS) is 15.2.